The summed E-state index contributed by atoms with van der Waals surface area (Å²) in [5.41, 5.74) is 0. The Kier molecular flexibility index (Phi) is 6.12. The molecule has 1 nitrogen and oxygen atoms in total. The molecule has 0 aliphatic rings. The number of aliphatic hydroxyl groups excluding tert-OH is 1. The van der Waals surface area contributed by atoms with Crippen molar-refractivity contribution in [2.45, 2.75) is 45.2 Å². The molecule has 80 valence electrons. The van der Waals surface area contributed by atoms with Crippen LogP contribution in [-0.4, -0.2) is 17.9 Å². The zero-order valence-electron chi connectivity index (χ0n) is 7.90. The standard InChI is InChI=1S/C9H17F3O/c1-2-5-8(9(10,11)12)6-3-4-7-13/h8,13H,2-7H2,1H3. The quantitative estimate of drug-likeness (QED) is 0.650. The molecule has 1 atom stereocenters. The van der Waals surface area contributed by atoms with E-state index in [1.165, 1.54) is 0 Å². The summed E-state index contributed by atoms with van der Waals surface area (Å²) in [5.74, 6) is -1.18. The van der Waals surface area contributed by atoms with Gasteiger partial charge in [-0.2, -0.15) is 13.2 Å². The average molecular weight is 198 g/mol. The Labute approximate surface area is 76.9 Å². The predicted molar refractivity (Wildman–Crippen MR) is 45.4 cm³/mol. The number of hydrogen-bond donors (Lipinski definition) is 1. The maximum Gasteiger partial charge on any atom is 0.391 e. The summed E-state index contributed by atoms with van der Waals surface area (Å²) in [5, 5.41) is 8.43. The minimum atomic E-state index is -4.06. The minimum Gasteiger partial charge on any atom is -0.396 e. The molecule has 0 saturated heterocycles. The Balaban J connectivity index is 3.81. The molecule has 0 rings (SSSR count). The first-order chi connectivity index (χ1) is 6.02. The van der Waals surface area contributed by atoms with Gasteiger partial charge in [-0.3, -0.25) is 0 Å². The molecule has 0 saturated carbocycles. The average Bonchev–Trinajstić information content (AvgIpc) is 2.01. The van der Waals surface area contributed by atoms with E-state index in [0.29, 0.717) is 19.3 Å². The van der Waals surface area contributed by atoms with Gasteiger partial charge in [0, 0.05) is 6.61 Å². The van der Waals surface area contributed by atoms with E-state index in [0.717, 1.165) is 0 Å². The number of halogens is 3. The SMILES string of the molecule is CCCC(CCCCO)C(F)(F)F. The van der Waals surface area contributed by atoms with E-state index in [2.05, 4.69) is 0 Å². The van der Waals surface area contributed by atoms with Crippen molar-refractivity contribution in [3.8, 4) is 0 Å². The van der Waals surface area contributed by atoms with Crippen molar-refractivity contribution in [1.29, 1.82) is 0 Å². The first kappa shape index (κ1) is 12.8. The van der Waals surface area contributed by atoms with E-state index in [1.807, 2.05) is 0 Å². The summed E-state index contributed by atoms with van der Waals surface area (Å²) in [6, 6.07) is 0. The number of rotatable bonds is 6. The van der Waals surface area contributed by atoms with Crippen LogP contribution in [0.4, 0.5) is 13.2 Å². The Bertz CT molecular complexity index is 123. The van der Waals surface area contributed by atoms with Gasteiger partial charge in [0.25, 0.3) is 0 Å². The van der Waals surface area contributed by atoms with Gasteiger partial charge in [-0.1, -0.05) is 19.8 Å². The van der Waals surface area contributed by atoms with E-state index in [4.69, 9.17) is 5.11 Å². The van der Waals surface area contributed by atoms with Gasteiger partial charge < -0.3 is 5.11 Å². The summed E-state index contributed by atoms with van der Waals surface area (Å²) in [6.45, 7) is 1.74. The Hall–Kier alpha value is -0.250. The fraction of sp³-hybridized carbons (Fsp3) is 1.00. The van der Waals surface area contributed by atoms with Crippen LogP contribution in [0.3, 0.4) is 0 Å². The van der Waals surface area contributed by atoms with Crippen molar-refractivity contribution in [1.82, 2.24) is 0 Å². The summed E-state index contributed by atoms with van der Waals surface area (Å²) in [7, 11) is 0. The van der Waals surface area contributed by atoms with Crippen LogP contribution in [0.25, 0.3) is 0 Å². The van der Waals surface area contributed by atoms with Gasteiger partial charge in [0.15, 0.2) is 0 Å². The van der Waals surface area contributed by atoms with Gasteiger partial charge in [-0.25, -0.2) is 0 Å². The van der Waals surface area contributed by atoms with Crippen LogP contribution in [0.5, 0.6) is 0 Å². The number of unbranched alkanes of at least 4 members (excludes halogenated alkanes) is 1. The maximum absolute atomic E-state index is 12.3. The van der Waals surface area contributed by atoms with Crippen LogP contribution in [0.2, 0.25) is 0 Å². The summed E-state index contributed by atoms with van der Waals surface area (Å²) < 4.78 is 36.8. The summed E-state index contributed by atoms with van der Waals surface area (Å²) >= 11 is 0. The molecule has 1 N–H and O–H groups in total. The second-order valence-electron chi connectivity index (χ2n) is 3.25. The van der Waals surface area contributed by atoms with Crippen LogP contribution in [0.15, 0.2) is 0 Å². The highest BCUT2D eigenvalue weighted by molar-refractivity contribution is 4.67. The van der Waals surface area contributed by atoms with Crippen molar-refractivity contribution in [2.75, 3.05) is 6.61 Å². The highest BCUT2D eigenvalue weighted by Crippen LogP contribution is 2.33. The fourth-order valence-corrected chi connectivity index (χ4v) is 1.32. The zero-order chi connectivity index (χ0) is 10.3. The Morgan fingerprint density at radius 3 is 2.15 bits per heavy atom. The number of alkyl halides is 3. The van der Waals surface area contributed by atoms with Crippen molar-refractivity contribution in [3.05, 3.63) is 0 Å². The number of hydrogen-bond acceptors (Lipinski definition) is 1. The van der Waals surface area contributed by atoms with Crippen LogP contribution in [0, 0.1) is 5.92 Å². The lowest BCUT2D eigenvalue weighted by Gasteiger charge is -2.19. The molecule has 0 heterocycles. The largest absolute Gasteiger partial charge is 0.396 e. The molecule has 0 aromatic carbocycles. The maximum atomic E-state index is 12.3. The first-order valence-corrected chi connectivity index (χ1v) is 4.70. The van der Waals surface area contributed by atoms with E-state index < -0.39 is 12.1 Å². The van der Waals surface area contributed by atoms with E-state index >= 15 is 0 Å². The lowest BCUT2D eigenvalue weighted by atomic mass is 9.96. The minimum absolute atomic E-state index is 0.0172. The molecule has 0 aromatic heterocycles. The van der Waals surface area contributed by atoms with E-state index in [9.17, 15) is 13.2 Å². The smallest absolute Gasteiger partial charge is 0.391 e. The van der Waals surface area contributed by atoms with Gasteiger partial charge in [-0.05, 0) is 19.3 Å². The van der Waals surface area contributed by atoms with Crippen molar-refractivity contribution in [3.63, 3.8) is 0 Å². The van der Waals surface area contributed by atoms with Gasteiger partial charge in [0.1, 0.15) is 0 Å². The molecule has 0 aliphatic carbocycles. The third kappa shape index (κ3) is 5.91. The molecule has 0 radical (unpaired) electrons. The highest BCUT2D eigenvalue weighted by atomic mass is 19.4. The third-order valence-corrected chi connectivity index (χ3v) is 2.06. The molecular formula is C9H17F3O. The third-order valence-electron chi connectivity index (χ3n) is 2.06. The van der Waals surface area contributed by atoms with Crippen LogP contribution in [-0.2, 0) is 0 Å². The lowest BCUT2D eigenvalue weighted by molar-refractivity contribution is -0.178. The highest BCUT2D eigenvalue weighted by Gasteiger charge is 2.37. The molecule has 0 aliphatic heterocycles. The van der Waals surface area contributed by atoms with E-state index in [-0.39, 0.29) is 19.4 Å². The lowest BCUT2D eigenvalue weighted by Crippen LogP contribution is -2.22. The van der Waals surface area contributed by atoms with Crippen molar-refractivity contribution < 1.29 is 18.3 Å². The Morgan fingerprint density at radius 2 is 1.77 bits per heavy atom. The fourth-order valence-electron chi connectivity index (χ4n) is 1.32. The molecule has 0 bridgehead atoms. The van der Waals surface area contributed by atoms with Gasteiger partial charge in [-0.15, -0.1) is 0 Å². The molecule has 0 amide bonds. The van der Waals surface area contributed by atoms with Gasteiger partial charge >= 0.3 is 6.18 Å². The molecule has 0 aromatic rings. The molecule has 0 fully saturated rings. The Morgan fingerprint density at radius 1 is 1.15 bits per heavy atom. The first-order valence-electron chi connectivity index (χ1n) is 4.70. The molecule has 0 spiro atoms. The normalized spacial score (nSPS) is 14.5. The second kappa shape index (κ2) is 6.24. The van der Waals surface area contributed by atoms with Crippen LogP contribution >= 0.6 is 0 Å². The predicted octanol–water partition coefficient (Wildman–Crippen LogP) is 3.13. The van der Waals surface area contributed by atoms with Gasteiger partial charge in [0.2, 0.25) is 0 Å². The molecule has 13 heavy (non-hydrogen) atoms. The van der Waals surface area contributed by atoms with Crippen molar-refractivity contribution in [2.24, 2.45) is 5.92 Å². The molecule has 4 heteroatoms. The number of aliphatic hydroxyl groups is 1. The second-order valence-corrected chi connectivity index (χ2v) is 3.25. The van der Waals surface area contributed by atoms with Crippen molar-refractivity contribution >= 4 is 0 Å². The van der Waals surface area contributed by atoms with Crippen LogP contribution in [0.1, 0.15) is 39.0 Å². The summed E-state index contributed by atoms with van der Waals surface area (Å²) in [4.78, 5) is 0. The van der Waals surface area contributed by atoms with Crippen LogP contribution < -0.4 is 0 Å². The monoisotopic (exact) mass is 198 g/mol. The zero-order valence-corrected chi connectivity index (χ0v) is 7.90. The van der Waals surface area contributed by atoms with E-state index in [1.54, 1.807) is 6.92 Å². The van der Waals surface area contributed by atoms with Gasteiger partial charge in [0.05, 0.1) is 5.92 Å². The summed E-state index contributed by atoms with van der Waals surface area (Å²) in [6.07, 6.45) is -2.22. The topological polar surface area (TPSA) is 20.2 Å². The molecular weight excluding hydrogens is 181 g/mol. The molecule has 1 unspecified atom stereocenters.